The van der Waals surface area contributed by atoms with Gasteiger partial charge in [-0.05, 0) is 112 Å². The van der Waals surface area contributed by atoms with Crippen LogP contribution in [0.15, 0.2) is 36.5 Å². The summed E-state index contributed by atoms with van der Waals surface area (Å²) in [6.45, 7) is 14.6. The van der Waals surface area contributed by atoms with Crippen LogP contribution in [-0.2, 0) is 29.0 Å². The number of imidazole rings is 2. The highest BCUT2D eigenvalue weighted by Crippen LogP contribution is 2.46. The molecule has 4 aliphatic rings. The van der Waals surface area contributed by atoms with E-state index in [2.05, 4.69) is 52.5 Å². The lowest BCUT2D eigenvalue weighted by molar-refractivity contribution is -0.137. The zero-order valence-electron chi connectivity index (χ0n) is 32.7. The van der Waals surface area contributed by atoms with E-state index in [4.69, 9.17) is 19.4 Å². The molecule has 1 aliphatic carbocycles. The first-order valence-corrected chi connectivity index (χ1v) is 19.5. The average Bonchev–Trinajstić information content (AvgIpc) is 3.94. The third kappa shape index (κ3) is 6.82. The Kier molecular flexibility index (Phi) is 9.16. The lowest BCUT2D eigenvalue weighted by Gasteiger charge is -2.32. The lowest BCUT2D eigenvalue weighted by atomic mass is 9.86. The van der Waals surface area contributed by atoms with Crippen molar-refractivity contribution >= 4 is 18.1 Å². The zero-order chi connectivity index (χ0) is 38.9. The molecule has 2 saturated heterocycles. The molecule has 4 N–H and O–H groups in total. The number of likely N-dealkylation sites (tertiary alicyclic amines) is 2. The number of aryl methyl sites for hydroxylation is 2. The van der Waals surface area contributed by atoms with E-state index in [-0.39, 0.29) is 36.0 Å². The number of hydrogen-bond donors (Lipinski definition) is 4. The minimum absolute atomic E-state index is 0.0399. The van der Waals surface area contributed by atoms with Crippen molar-refractivity contribution in [1.29, 1.82) is 0 Å². The van der Waals surface area contributed by atoms with Gasteiger partial charge in [-0.1, -0.05) is 32.9 Å². The number of hydrogen-bond acceptors (Lipinski definition) is 7. The van der Waals surface area contributed by atoms with Crippen molar-refractivity contribution < 1.29 is 29.0 Å². The number of amides is 3. The van der Waals surface area contributed by atoms with E-state index in [1.54, 1.807) is 11.1 Å². The van der Waals surface area contributed by atoms with Crippen LogP contribution in [0.5, 0.6) is 5.75 Å². The van der Waals surface area contributed by atoms with Crippen molar-refractivity contribution in [3.05, 3.63) is 65.0 Å². The Balaban J connectivity index is 1.03. The summed E-state index contributed by atoms with van der Waals surface area (Å²) < 4.78 is 12.2. The third-order valence-corrected chi connectivity index (χ3v) is 11.5. The predicted octanol–water partition coefficient (Wildman–Crippen LogP) is 7.79. The largest absolute Gasteiger partial charge is 0.488 e. The standard InChI is InChI=1S/C42H51N7O6/c1-21(2)35(47-40(51)52)39(50)49-23(4)8-13-32(49)37-43-18-31(45-37)25-9-11-27-26(15-25)20-54-34-17-28-24(16-29(27)34)10-12-30-36(28)46-38(44-30)33-14-22(3)19-48(33)41(53)55-42(5,6)7/h9,11,15-18,21-23,32-33,35,47H,8,10,12-14,19-20H2,1-7H3,(H,43,45)(H,44,46)(H,51,52)/t22-,23-,32-,33-,35-/m0/s1. The van der Waals surface area contributed by atoms with Crippen LogP contribution >= 0.6 is 0 Å². The third-order valence-electron chi connectivity index (χ3n) is 11.5. The molecule has 0 bridgehead atoms. The number of H-pyrrole nitrogens is 2. The van der Waals surface area contributed by atoms with Crippen LogP contribution in [0.1, 0.15) is 108 Å². The van der Waals surface area contributed by atoms with E-state index in [0.29, 0.717) is 24.9 Å². The first-order valence-electron chi connectivity index (χ1n) is 19.5. The molecule has 3 amide bonds. The van der Waals surface area contributed by atoms with Gasteiger partial charge in [0.25, 0.3) is 0 Å². The number of nitrogens with zero attached hydrogens (tertiary/aromatic N) is 4. The minimum atomic E-state index is -1.21. The number of nitrogens with one attached hydrogen (secondary N) is 3. The van der Waals surface area contributed by atoms with Gasteiger partial charge in [0.05, 0.1) is 29.7 Å². The van der Waals surface area contributed by atoms with E-state index in [0.717, 1.165) is 88.6 Å². The van der Waals surface area contributed by atoms with Gasteiger partial charge < -0.3 is 34.8 Å². The molecule has 5 atom stereocenters. The molecule has 13 heteroatoms. The average molecular weight is 750 g/mol. The highest BCUT2D eigenvalue weighted by atomic mass is 16.6. The highest BCUT2D eigenvalue weighted by molar-refractivity contribution is 5.87. The molecule has 0 radical (unpaired) electrons. The fourth-order valence-corrected chi connectivity index (χ4v) is 8.84. The van der Waals surface area contributed by atoms with Crippen LogP contribution in [0.25, 0.3) is 33.6 Å². The highest BCUT2D eigenvalue weighted by Gasteiger charge is 2.42. The Labute approximate surface area is 321 Å². The number of aromatic nitrogens is 4. The van der Waals surface area contributed by atoms with Gasteiger partial charge in [-0.2, -0.15) is 0 Å². The van der Waals surface area contributed by atoms with Crippen molar-refractivity contribution in [3.63, 3.8) is 0 Å². The summed E-state index contributed by atoms with van der Waals surface area (Å²) in [5, 5.41) is 11.8. The van der Waals surface area contributed by atoms with Crippen LogP contribution in [0.3, 0.4) is 0 Å². The zero-order valence-corrected chi connectivity index (χ0v) is 32.7. The second-order valence-electron chi connectivity index (χ2n) is 17.1. The fourth-order valence-electron chi connectivity index (χ4n) is 8.84. The van der Waals surface area contributed by atoms with Crippen molar-refractivity contribution in [3.8, 4) is 39.4 Å². The number of carboxylic acid groups (broad SMARTS) is 1. The van der Waals surface area contributed by atoms with Crippen molar-refractivity contribution in [2.24, 2.45) is 11.8 Å². The molecule has 55 heavy (non-hydrogen) atoms. The number of aromatic amines is 2. The van der Waals surface area contributed by atoms with Gasteiger partial charge in [-0.3, -0.25) is 9.69 Å². The molecule has 0 spiro atoms. The summed E-state index contributed by atoms with van der Waals surface area (Å²) in [4.78, 5) is 58.9. The van der Waals surface area contributed by atoms with E-state index in [1.165, 1.54) is 5.56 Å². The van der Waals surface area contributed by atoms with E-state index >= 15 is 0 Å². The molecule has 4 aromatic rings. The van der Waals surface area contributed by atoms with Gasteiger partial charge in [0.1, 0.15) is 35.6 Å². The van der Waals surface area contributed by atoms with Crippen LogP contribution in [0, 0.1) is 11.8 Å². The maximum atomic E-state index is 13.7. The second-order valence-corrected chi connectivity index (χ2v) is 17.1. The van der Waals surface area contributed by atoms with Gasteiger partial charge >= 0.3 is 12.2 Å². The Morgan fingerprint density at radius 2 is 1.78 bits per heavy atom. The Hall–Kier alpha value is -5.33. The van der Waals surface area contributed by atoms with Gasteiger partial charge in [0, 0.05) is 29.4 Å². The van der Waals surface area contributed by atoms with Crippen molar-refractivity contribution in [2.45, 2.75) is 117 Å². The first kappa shape index (κ1) is 36.6. The molecule has 8 rings (SSSR count). The maximum Gasteiger partial charge on any atom is 0.410 e. The molecule has 2 fully saturated rings. The summed E-state index contributed by atoms with van der Waals surface area (Å²) in [5.41, 5.74) is 8.79. The van der Waals surface area contributed by atoms with Crippen molar-refractivity contribution in [1.82, 2.24) is 35.1 Å². The topological polar surface area (TPSA) is 166 Å². The summed E-state index contributed by atoms with van der Waals surface area (Å²) in [7, 11) is 0. The first-order chi connectivity index (χ1) is 26.1. The fraction of sp³-hybridized carbons (Fsp3) is 0.500. The monoisotopic (exact) mass is 749 g/mol. The second kappa shape index (κ2) is 13.8. The van der Waals surface area contributed by atoms with Gasteiger partial charge in [0.2, 0.25) is 5.91 Å². The van der Waals surface area contributed by atoms with Crippen LogP contribution in [-0.4, -0.2) is 77.2 Å². The summed E-state index contributed by atoms with van der Waals surface area (Å²) in [5.74, 6) is 2.24. The smallest absolute Gasteiger partial charge is 0.410 e. The summed E-state index contributed by atoms with van der Waals surface area (Å²) in [6, 6.07) is 9.43. The summed E-state index contributed by atoms with van der Waals surface area (Å²) >= 11 is 0. The van der Waals surface area contributed by atoms with Crippen LogP contribution in [0.2, 0.25) is 0 Å². The Morgan fingerprint density at radius 3 is 2.53 bits per heavy atom. The number of ether oxygens (including phenoxy) is 2. The molecular weight excluding hydrogens is 699 g/mol. The number of rotatable bonds is 6. The van der Waals surface area contributed by atoms with Gasteiger partial charge in [0.15, 0.2) is 0 Å². The van der Waals surface area contributed by atoms with E-state index in [9.17, 15) is 19.5 Å². The molecular formula is C42H51N7O6. The molecule has 290 valence electrons. The minimum Gasteiger partial charge on any atom is -0.488 e. The predicted molar refractivity (Wildman–Crippen MR) is 206 cm³/mol. The Morgan fingerprint density at radius 1 is 0.982 bits per heavy atom. The molecule has 0 unspecified atom stereocenters. The number of carbonyl (C=O) groups excluding carboxylic acids is 2. The SMILES string of the molecule is CC(C)[C@H](NC(=O)O)C(=O)N1[C@@H](C)CC[C@H]1c1ncc(-c2ccc3c(c2)COc2cc4c(cc2-3)CCc2[nH]c([C@@H]3C[C@H](C)CN3C(=O)OC(C)(C)C)nc2-4)[nH]1. The normalized spacial score (nSPS) is 22.0. The van der Waals surface area contributed by atoms with Crippen LogP contribution in [0.4, 0.5) is 9.59 Å². The lowest BCUT2D eigenvalue weighted by Crippen LogP contribution is -2.52. The number of carbonyl (C=O) groups is 3. The number of fused-ring (bicyclic) bond motifs is 6. The number of benzene rings is 2. The molecule has 13 nitrogen and oxygen atoms in total. The molecule has 3 aliphatic heterocycles. The molecule has 2 aromatic heterocycles. The van der Waals surface area contributed by atoms with Gasteiger partial charge in [-0.25, -0.2) is 19.6 Å². The quantitative estimate of drug-likeness (QED) is 0.155. The van der Waals surface area contributed by atoms with E-state index in [1.807, 2.05) is 46.4 Å². The van der Waals surface area contributed by atoms with Gasteiger partial charge in [-0.15, -0.1) is 0 Å². The molecule has 5 heterocycles. The molecule has 2 aromatic carbocycles. The van der Waals surface area contributed by atoms with Crippen molar-refractivity contribution in [2.75, 3.05) is 6.54 Å². The molecule has 0 saturated carbocycles. The van der Waals surface area contributed by atoms with Crippen LogP contribution < -0.4 is 10.1 Å². The summed E-state index contributed by atoms with van der Waals surface area (Å²) in [6.07, 6.45) is 4.35. The Bertz CT molecular complexity index is 2160. The maximum absolute atomic E-state index is 13.7. The van der Waals surface area contributed by atoms with E-state index < -0.39 is 17.7 Å².